The molecule has 1 fully saturated rings. The summed E-state index contributed by atoms with van der Waals surface area (Å²) in [5.74, 6) is 0. The van der Waals surface area contributed by atoms with Crippen molar-refractivity contribution in [3.63, 3.8) is 0 Å². The first-order chi connectivity index (χ1) is 11.3. The molecule has 2 aromatic carbocycles. The fraction of sp³-hybridized carbons (Fsp3) is 0.316. The van der Waals surface area contributed by atoms with E-state index in [1.165, 1.54) is 5.56 Å². The van der Waals surface area contributed by atoms with Gasteiger partial charge in [0.15, 0.2) is 6.29 Å². The summed E-state index contributed by atoms with van der Waals surface area (Å²) < 4.78 is 12.1. The van der Waals surface area contributed by atoms with Crippen LogP contribution in [0, 0.1) is 0 Å². The lowest BCUT2D eigenvalue weighted by Crippen LogP contribution is -2.43. The van der Waals surface area contributed by atoms with Gasteiger partial charge >= 0.3 is 0 Å². The maximum atomic E-state index is 6.21. The minimum atomic E-state index is -0.308. The number of hydrogen-bond donors (Lipinski definition) is 1. The van der Waals surface area contributed by atoms with E-state index in [1.807, 2.05) is 37.3 Å². The molecule has 2 aromatic rings. The second kappa shape index (κ2) is 7.79. The number of rotatable bonds is 5. The van der Waals surface area contributed by atoms with E-state index >= 15 is 0 Å². The molecule has 0 radical (unpaired) electrons. The molecule has 0 aromatic heterocycles. The quantitative estimate of drug-likeness (QED) is 0.846. The second-order valence-corrected chi connectivity index (χ2v) is 5.88. The van der Waals surface area contributed by atoms with Crippen LogP contribution in [-0.4, -0.2) is 24.8 Å². The van der Waals surface area contributed by atoms with E-state index in [9.17, 15) is 0 Å². The van der Waals surface area contributed by atoms with Crippen LogP contribution < -0.4 is 5.32 Å². The normalized spacial score (nSPS) is 22.5. The van der Waals surface area contributed by atoms with Crippen LogP contribution in [0.4, 0.5) is 0 Å². The van der Waals surface area contributed by atoms with Crippen LogP contribution in [0.5, 0.6) is 0 Å². The molecule has 0 unspecified atom stereocenters. The van der Waals surface area contributed by atoms with Crippen molar-refractivity contribution in [2.75, 3.05) is 13.2 Å². The Morgan fingerprint density at radius 2 is 2.04 bits per heavy atom. The summed E-state index contributed by atoms with van der Waals surface area (Å²) in [4.78, 5) is 0. The Hall–Kier alpha value is -1.59. The minimum absolute atomic E-state index is 0.0427. The molecule has 4 heteroatoms. The summed E-state index contributed by atoms with van der Waals surface area (Å²) in [5, 5.41) is 5.17. The van der Waals surface area contributed by atoms with Gasteiger partial charge in [-0.15, -0.1) is 0 Å². The van der Waals surface area contributed by atoms with Crippen LogP contribution in [0.2, 0.25) is 0 Å². The van der Waals surface area contributed by atoms with Gasteiger partial charge in [0, 0.05) is 11.9 Å². The van der Waals surface area contributed by atoms with Gasteiger partial charge < -0.3 is 14.8 Å². The molecule has 0 saturated carbocycles. The lowest BCUT2D eigenvalue weighted by molar-refractivity contribution is -0.200. The summed E-state index contributed by atoms with van der Waals surface area (Å²) >= 11 is 5.01. The summed E-state index contributed by atoms with van der Waals surface area (Å²) in [6, 6.07) is 18.4. The lowest BCUT2D eigenvalue weighted by atomic mass is 10.0. The molecule has 3 nitrogen and oxygen atoms in total. The van der Waals surface area contributed by atoms with E-state index in [0.717, 1.165) is 17.7 Å². The van der Waals surface area contributed by atoms with E-state index < -0.39 is 0 Å². The first-order valence-corrected chi connectivity index (χ1v) is 8.35. The lowest BCUT2D eigenvalue weighted by Gasteiger charge is -2.34. The fourth-order valence-electron chi connectivity index (χ4n) is 2.80. The van der Waals surface area contributed by atoms with Crippen molar-refractivity contribution in [3.05, 3.63) is 71.3 Å². The van der Waals surface area contributed by atoms with Gasteiger partial charge in [-0.3, -0.25) is 0 Å². The maximum absolute atomic E-state index is 6.21. The molecule has 1 aliphatic rings. The highest BCUT2D eigenvalue weighted by atomic mass is 32.1. The summed E-state index contributed by atoms with van der Waals surface area (Å²) in [5.41, 5.74) is 3.30. The van der Waals surface area contributed by atoms with Crippen molar-refractivity contribution in [1.82, 2.24) is 5.32 Å². The Bertz CT molecular complexity index is 647. The number of nitrogens with one attached hydrogen (secondary N) is 1. The van der Waals surface area contributed by atoms with Gasteiger partial charge in [0.05, 0.1) is 18.8 Å². The third-order valence-corrected chi connectivity index (χ3v) is 4.31. The zero-order chi connectivity index (χ0) is 16.1. The molecule has 0 aliphatic carbocycles. The predicted octanol–water partition coefficient (Wildman–Crippen LogP) is 3.80. The van der Waals surface area contributed by atoms with E-state index in [0.29, 0.717) is 6.61 Å². The molecule has 1 aliphatic heterocycles. The average Bonchev–Trinajstić information content (AvgIpc) is 2.63. The molecule has 23 heavy (non-hydrogen) atoms. The number of thiocarbonyl (C=S) groups is 1. The van der Waals surface area contributed by atoms with Crippen molar-refractivity contribution in [2.45, 2.75) is 25.4 Å². The van der Waals surface area contributed by atoms with Crippen molar-refractivity contribution >= 4 is 17.6 Å². The third-order valence-electron chi connectivity index (χ3n) is 4.03. The molecule has 3 rings (SSSR count). The van der Waals surface area contributed by atoms with Gasteiger partial charge in [0.25, 0.3) is 0 Å². The molecule has 0 amide bonds. The average molecular weight is 327 g/mol. The molecule has 0 spiro atoms. The highest BCUT2D eigenvalue weighted by Crippen LogP contribution is 2.28. The zero-order valence-electron chi connectivity index (χ0n) is 13.1. The van der Waals surface area contributed by atoms with Crippen molar-refractivity contribution in [2.24, 2.45) is 0 Å². The summed E-state index contributed by atoms with van der Waals surface area (Å²) in [6.07, 6.45) is -0.377. The Balaban J connectivity index is 1.75. The number of hydrogen-bond acceptors (Lipinski definition) is 4. The molecule has 1 heterocycles. The summed E-state index contributed by atoms with van der Waals surface area (Å²) in [7, 11) is 0. The van der Waals surface area contributed by atoms with Crippen molar-refractivity contribution < 1.29 is 9.47 Å². The second-order valence-electron chi connectivity index (χ2n) is 5.65. The molecule has 3 atom stereocenters. The SMILES string of the molecule is C[C@@H](O[C@H]1OCCN[C@H]1c1ccccc1)c1cccc(C=S)c1. The van der Waals surface area contributed by atoms with E-state index in [4.69, 9.17) is 21.7 Å². The van der Waals surface area contributed by atoms with Crippen LogP contribution in [0.1, 0.15) is 35.8 Å². The first-order valence-electron chi connectivity index (χ1n) is 7.88. The molecular formula is C19H21NO2S. The minimum Gasteiger partial charge on any atom is -0.349 e. The fourth-order valence-corrected chi connectivity index (χ4v) is 2.95. The van der Waals surface area contributed by atoms with Gasteiger partial charge in [-0.1, -0.05) is 60.7 Å². The Labute approximate surface area is 142 Å². The monoisotopic (exact) mass is 327 g/mol. The molecule has 1 saturated heterocycles. The van der Waals surface area contributed by atoms with Crippen LogP contribution in [0.25, 0.3) is 0 Å². The Morgan fingerprint density at radius 1 is 1.22 bits per heavy atom. The number of morpholine rings is 1. The van der Waals surface area contributed by atoms with Gasteiger partial charge in [-0.25, -0.2) is 0 Å². The Morgan fingerprint density at radius 3 is 2.83 bits per heavy atom. The standard InChI is InChI=1S/C19H21NO2S/c1-14(17-9-5-6-15(12-17)13-23)22-19-18(20-10-11-21-19)16-7-3-2-4-8-16/h2-9,12-14,18-20H,10-11H2,1H3/t14-,18+,19-/m1/s1. The highest BCUT2D eigenvalue weighted by Gasteiger charge is 2.29. The van der Waals surface area contributed by atoms with Crippen LogP contribution in [-0.2, 0) is 9.47 Å². The largest absolute Gasteiger partial charge is 0.349 e. The maximum Gasteiger partial charge on any atom is 0.177 e. The van der Waals surface area contributed by atoms with Crippen molar-refractivity contribution in [3.8, 4) is 0 Å². The van der Waals surface area contributed by atoms with E-state index in [2.05, 4.69) is 29.6 Å². The van der Waals surface area contributed by atoms with E-state index in [-0.39, 0.29) is 18.4 Å². The van der Waals surface area contributed by atoms with Crippen LogP contribution >= 0.6 is 12.2 Å². The Kier molecular flexibility index (Phi) is 5.51. The van der Waals surface area contributed by atoms with Gasteiger partial charge in [-0.2, -0.15) is 0 Å². The third kappa shape index (κ3) is 4.03. The molecule has 1 N–H and O–H groups in total. The van der Waals surface area contributed by atoms with Crippen LogP contribution in [0.3, 0.4) is 0 Å². The van der Waals surface area contributed by atoms with Crippen molar-refractivity contribution in [1.29, 1.82) is 0 Å². The highest BCUT2D eigenvalue weighted by molar-refractivity contribution is 7.79. The van der Waals surface area contributed by atoms with Gasteiger partial charge in [0.1, 0.15) is 0 Å². The molecule has 0 bridgehead atoms. The zero-order valence-corrected chi connectivity index (χ0v) is 14.0. The predicted molar refractivity (Wildman–Crippen MR) is 95.6 cm³/mol. The first kappa shape index (κ1) is 16.3. The van der Waals surface area contributed by atoms with Gasteiger partial charge in [-0.05, 0) is 29.7 Å². The number of ether oxygens (including phenoxy) is 2. The molecule has 120 valence electrons. The topological polar surface area (TPSA) is 30.5 Å². The molecular weight excluding hydrogens is 306 g/mol. The number of benzene rings is 2. The summed E-state index contributed by atoms with van der Waals surface area (Å²) in [6.45, 7) is 3.53. The van der Waals surface area contributed by atoms with Crippen LogP contribution in [0.15, 0.2) is 54.6 Å². The van der Waals surface area contributed by atoms with Gasteiger partial charge in [0.2, 0.25) is 0 Å². The smallest absolute Gasteiger partial charge is 0.177 e. The van der Waals surface area contributed by atoms with E-state index in [1.54, 1.807) is 5.37 Å².